The zero-order chi connectivity index (χ0) is 23.6. The lowest BCUT2D eigenvalue weighted by Crippen LogP contribution is -2.44. The molecule has 1 atom stereocenters. The molecule has 1 amide bonds. The van der Waals surface area contributed by atoms with E-state index in [9.17, 15) is 22.8 Å². The van der Waals surface area contributed by atoms with E-state index in [1.165, 1.54) is 6.20 Å². The van der Waals surface area contributed by atoms with Gasteiger partial charge >= 0.3 is 6.18 Å². The molecular weight excluding hydrogens is 447 g/mol. The number of halogens is 4. The predicted molar refractivity (Wildman–Crippen MR) is 115 cm³/mol. The van der Waals surface area contributed by atoms with E-state index in [1.54, 1.807) is 0 Å². The molecule has 0 aliphatic carbocycles. The first-order valence-corrected chi connectivity index (χ1v) is 10.7. The Balaban J connectivity index is 1.71. The number of carbonyl (C=O) groups excluding carboxylic acids is 1. The fraction of sp³-hybridized carbons (Fsp3) is 0.524. The minimum atomic E-state index is -4.53. The van der Waals surface area contributed by atoms with Crippen molar-refractivity contribution in [3.63, 3.8) is 0 Å². The van der Waals surface area contributed by atoms with Crippen LogP contribution in [0.25, 0.3) is 5.82 Å². The van der Waals surface area contributed by atoms with Crippen LogP contribution in [0.1, 0.15) is 39.2 Å². The van der Waals surface area contributed by atoms with Gasteiger partial charge in [0.25, 0.3) is 5.56 Å². The van der Waals surface area contributed by atoms with Crippen LogP contribution in [-0.2, 0) is 11.0 Å². The fourth-order valence-electron chi connectivity index (χ4n) is 3.38. The Labute approximate surface area is 188 Å². The summed E-state index contributed by atoms with van der Waals surface area (Å²) in [5.41, 5.74) is -1.18. The van der Waals surface area contributed by atoms with Gasteiger partial charge in [-0.2, -0.15) is 23.0 Å². The molecule has 11 heteroatoms. The van der Waals surface area contributed by atoms with Crippen LogP contribution in [0.15, 0.2) is 29.3 Å². The molecule has 1 aliphatic rings. The number of rotatable bonds is 5. The van der Waals surface area contributed by atoms with Crippen LogP contribution in [0, 0.1) is 11.8 Å². The zero-order valence-electron chi connectivity index (χ0n) is 18.0. The number of hydrogen-bond acceptors (Lipinski definition) is 5. The number of nitrogens with zero attached hydrogens (tertiary/aromatic N) is 4. The second-order valence-electron chi connectivity index (χ2n) is 8.27. The third-order valence-electron chi connectivity index (χ3n) is 5.77. The van der Waals surface area contributed by atoms with Crippen LogP contribution < -0.4 is 15.8 Å². The van der Waals surface area contributed by atoms with Gasteiger partial charge in [0.1, 0.15) is 5.02 Å². The number of aromatic nitrogens is 3. The monoisotopic (exact) mass is 471 g/mol. The van der Waals surface area contributed by atoms with Gasteiger partial charge in [0.15, 0.2) is 5.82 Å². The van der Waals surface area contributed by atoms with Crippen LogP contribution in [0.2, 0.25) is 5.02 Å². The smallest absolute Gasteiger partial charge is 0.369 e. The first-order chi connectivity index (χ1) is 15.0. The lowest BCUT2D eigenvalue weighted by atomic mass is 9.94. The molecule has 3 rings (SSSR count). The molecule has 2 aromatic heterocycles. The summed E-state index contributed by atoms with van der Waals surface area (Å²) in [6.07, 6.45) is -1.28. The quantitative estimate of drug-likeness (QED) is 0.719. The summed E-state index contributed by atoms with van der Waals surface area (Å²) in [5.74, 6) is 0.190. The van der Waals surface area contributed by atoms with Crippen molar-refractivity contribution in [2.75, 3.05) is 18.0 Å². The van der Waals surface area contributed by atoms with Crippen LogP contribution in [-0.4, -0.2) is 39.8 Å². The van der Waals surface area contributed by atoms with Gasteiger partial charge in [-0.1, -0.05) is 25.4 Å². The normalized spacial score (nSPS) is 16.3. The average Bonchev–Trinajstić information content (AvgIpc) is 2.75. The standard InChI is InChI=1S/C21H25ClF3N5O2/c1-12(2)13(3)28-19(31)14-6-8-29(9-7-14)16-11-27-30(20(32)18(16)22)17-5-4-15(10-26-17)21(23,24)25/h4-5,10-14H,6-9H2,1-3H3,(H,28,31). The molecular formula is C21H25ClF3N5O2. The summed E-state index contributed by atoms with van der Waals surface area (Å²) in [7, 11) is 0. The van der Waals surface area contributed by atoms with Gasteiger partial charge < -0.3 is 10.2 Å². The van der Waals surface area contributed by atoms with E-state index in [1.807, 2.05) is 25.7 Å². The van der Waals surface area contributed by atoms with E-state index in [2.05, 4.69) is 15.4 Å². The van der Waals surface area contributed by atoms with Crippen molar-refractivity contribution >= 4 is 23.2 Å². The Morgan fingerprint density at radius 2 is 1.84 bits per heavy atom. The summed E-state index contributed by atoms with van der Waals surface area (Å²) in [4.78, 5) is 30.7. The van der Waals surface area contributed by atoms with Gasteiger partial charge in [0.05, 0.1) is 17.4 Å². The molecule has 0 radical (unpaired) electrons. The van der Waals surface area contributed by atoms with Crippen molar-refractivity contribution in [3.8, 4) is 5.82 Å². The molecule has 0 aromatic carbocycles. The summed E-state index contributed by atoms with van der Waals surface area (Å²) in [6.45, 7) is 7.12. The molecule has 2 aromatic rings. The van der Waals surface area contributed by atoms with Crippen molar-refractivity contribution in [1.82, 2.24) is 20.1 Å². The van der Waals surface area contributed by atoms with Crippen LogP contribution in [0.3, 0.4) is 0 Å². The summed E-state index contributed by atoms with van der Waals surface area (Å²) in [5, 5.41) is 6.98. The number of carbonyl (C=O) groups is 1. The molecule has 32 heavy (non-hydrogen) atoms. The van der Waals surface area contributed by atoms with Gasteiger partial charge in [-0.25, -0.2) is 4.98 Å². The van der Waals surface area contributed by atoms with Crippen LogP contribution in [0.5, 0.6) is 0 Å². The number of hydrogen-bond donors (Lipinski definition) is 1. The Kier molecular flexibility index (Phi) is 7.12. The highest BCUT2D eigenvalue weighted by atomic mass is 35.5. The van der Waals surface area contributed by atoms with Crippen LogP contribution >= 0.6 is 11.6 Å². The minimum absolute atomic E-state index is 0.0267. The predicted octanol–water partition coefficient (Wildman–Crippen LogP) is 3.68. The van der Waals surface area contributed by atoms with E-state index >= 15 is 0 Å². The van der Waals surface area contributed by atoms with E-state index < -0.39 is 17.3 Å². The largest absolute Gasteiger partial charge is 0.417 e. The molecule has 7 nitrogen and oxygen atoms in total. The van der Waals surface area contributed by atoms with Crippen molar-refractivity contribution in [1.29, 1.82) is 0 Å². The van der Waals surface area contributed by atoms with Crippen molar-refractivity contribution < 1.29 is 18.0 Å². The van der Waals surface area contributed by atoms with E-state index in [0.29, 0.717) is 43.7 Å². The molecule has 0 bridgehead atoms. The molecule has 1 unspecified atom stereocenters. The molecule has 1 fully saturated rings. The molecule has 174 valence electrons. The average molecular weight is 472 g/mol. The molecule has 0 saturated carbocycles. The first-order valence-electron chi connectivity index (χ1n) is 10.4. The lowest BCUT2D eigenvalue weighted by molar-refractivity contribution is -0.137. The molecule has 1 aliphatic heterocycles. The summed E-state index contributed by atoms with van der Waals surface area (Å²) >= 11 is 6.29. The third-order valence-corrected chi connectivity index (χ3v) is 6.12. The van der Waals surface area contributed by atoms with E-state index in [-0.39, 0.29) is 28.7 Å². The first kappa shape index (κ1) is 24.0. The maximum atomic E-state index is 12.7. The second kappa shape index (κ2) is 9.48. The lowest BCUT2D eigenvalue weighted by Gasteiger charge is -2.33. The zero-order valence-corrected chi connectivity index (χ0v) is 18.7. The van der Waals surface area contributed by atoms with Crippen molar-refractivity contribution in [3.05, 3.63) is 45.5 Å². The fourth-order valence-corrected chi connectivity index (χ4v) is 3.63. The molecule has 0 spiro atoms. The van der Waals surface area contributed by atoms with E-state index in [4.69, 9.17) is 11.6 Å². The maximum absolute atomic E-state index is 12.7. The minimum Gasteiger partial charge on any atom is -0.369 e. The number of pyridine rings is 1. The molecule has 1 N–H and O–H groups in total. The number of nitrogens with one attached hydrogen (secondary N) is 1. The summed E-state index contributed by atoms with van der Waals surface area (Å²) < 4.78 is 39.0. The van der Waals surface area contributed by atoms with Gasteiger partial charge in [0, 0.05) is 31.2 Å². The Hall–Kier alpha value is -2.62. The van der Waals surface area contributed by atoms with Gasteiger partial charge in [-0.3, -0.25) is 9.59 Å². The Bertz CT molecular complexity index is 1020. The van der Waals surface area contributed by atoms with Gasteiger partial charge in [-0.15, -0.1) is 0 Å². The SMILES string of the molecule is CC(C)C(C)NC(=O)C1CCN(c2cnn(-c3ccc(C(F)(F)F)cn3)c(=O)c2Cl)CC1. The van der Waals surface area contributed by atoms with Gasteiger partial charge in [-0.05, 0) is 37.8 Å². The van der Waals surface area contributed by atoms with E-state index in [0.717, 1.165) is 16.8 Å². The number of piperidine rings is 1. The summed E-state index contributed by atoms with van der Waals surface area (Å²) in [6, 6.07) is 1.98. The highest BCUT2D eigenvalue weighted by Crippen LogP contribution is 2.29. The Morgan fingerprint density at radius 3 is 2.38 bits per heavy atom. The number of anilines is 1. The highest BCUT2D eigenvalue weighted by molar-refractivity contribution is 6.33. The van der Waals surface area contributed by atoms with Crippen molar-refractivity contribution in [2.24, 2.45) is 11.8 Å². The topological polar surface area (TPSA) is 80.1 Å². The molecule has 1 saturated heterocycles. The van der Waals surface area contributed by atoms with Gasteiger partial charge in [0.2, 0.25) is 5.91 Å². The maximum Gasteiger partial charge on any atom is 0.417 e. The third kappa shape index (κ3) is 5.23. The number of alkyl halides is 3. The van der Waals surface area contributed by atoms with Crippen LogP contribution in [0.4, 0.5) is 18.9 Å². The molecule has 3 heterocycles. The number of amides is 1. The van der Waals surface area contributed by atoms with Crippen molar-refractivity contribution in [2.45, 2.75) is 45.8 Å². The highest BCUT2D eigenvalue weighted by Gasteiger charge is 2.31. The Morgan fingerprint density at radius 1 is 1.19 bits per heavy atom. The second-order valence-corrected chi connectivity index (χ2v) is 8.64.